The van der Waals surface area contributed by atoms with Crippen molar-refractivity contribution in [1.82, 2.24) is 0 Å². The molecule has 0 fully saturated rings. The van der Waals surface area contributed by atoms with Crippen molar-refractivity contribution in [3.05, 3.63) is 50.4 Å². The number of hydrogen-bond donors (Lipinski definition) is 1. The second-order valence-corrected chi connectivity index (χ2v) is 5.46. The van der Waals surface area contributed by atoms with Gasteiger partial charge in [0.2, 0.25) is 0 Å². The van der Waals surface area contributed by atoms with Gasteiger partial charge in [-0.15, -0.1) is 11.3 Å². The van der Waals surface area contributed by atoms with Crippen molar-refractivity contribution in [2.24, 2.45) is 0 Å². The summed E-state index contributed by atoms with van der Waals surface area (Å²) in [5.41, 5.74) is 5.67. The molecule has 2 rings (SSSR count). The van der Waals surface area contributed by atoms with Gasteiger partial charge in [-0.3, -0.25) is 0 Å². The first kappa shape index (κ1) is 13.0. The van der Waals surface area contributed by atoms with Crippen molar-refractivity contribution in [3.8, 4) is 0 Å². The molecule has 2 aromatic rings. The number of nitrogen functional groups attached to an aromatic ring is 1. The van der Waals surface area contributed by atoms with E-state index in [0.29, 0.717) is 5.69 Å². The molecule has 0 atom stereocenters. The van der Waals surface area contributed by atoms with Crippen LogP contribution in [0.1, 0.15) is 15.2 Å². The molecule has 3 nitrogen and oxygen atoms in total. The molecule has 0 unspecified atom stereocenters. The van der Waals surface area contributed by atoms with Gasteiger partial charge in [0.25, 0.3) is 0 Å². The minimum Gasteiger partial charge on any atom is -0.456 e. The monoisotopic (exact) mass is 329 g/mol. The number of nitrogens with two attached hydrogens (primary N) is 1. The van der Waals surface area contributed by atoms with Crippen LogP contribution in [0.5, 0.6) is 0 Å². The lowest BCUT2D eigenvalue weighted by Gasteiger charge is -2.05. The largest absolute Gasteiger partial charge is 0.456 e. The van der Waals surface area contributed by atoms with Crippen LogP contribution in [0.4, 0.5) is 10.1 Å². The summed E-state index contributed by atoms with van der Waals surface area (Å²) in [6.45, 7) is 0.114. The second-order valence-electron chi connectivity index (χ2n) is 3.55. The number of carbonyl (C=O) groups excluding carboxylic acids is 1. The number of rotatable bonds is 3. The van der Waals surface area contributed by atoms with E-state index in [-0.39, 0.29) is 12.2 Å². The van der Waals surface area contributed by atoms with Crippen molar-refractivity contribution in [3.63, 3.8) is 0 Å². The normalized spacial score (nSPS) is 10.3. The molecule has 1 aromatic carbocycles. The third kappa shape index (κ3) is 3.08. The summed E-state index contributed by atoms with van der Waals surface area (Å²) in [6.07, 6.45) is 0. The molecule has 0 spiro atoms. The van der Waals surface area contributed by atoms with Crippen LogP contribution in [-0.2, 0) is 11.3 Å². The quantitative estimate of drug-likeness (QED) is 0.691. The van der Waals surface area contributed by atoms with Crippen LogP contribution in [0.3, 0.4) is 0 Å². The van der Waals surface area contributed by atoms with E-state index in [4.69, 9.17) is 10.5 Å². The molecule has 94 valence electrons. The van der Waals surface area contributed by atoms with Gasteiger partial charge >= 0.3 is 5.97 Å². The Morgan fingerprint density at radius 3 is 2.89 bits per heavy atom. The predicted molar refractivity (Wildman–Crippen MR) is 72.0 cm³/mol. The highest BCUT2D eigenvalue weighted by Crippen LogP contribution is 2.21. The van der Waals surface area contributed by atoms with Gasteiger partial charge in [-0.25, -0.2) is 9.18 Å². The summed E-state index contributed by atoms with van der Waals surface area (Å²) in [6, 6.07) is 5.64. The SMILES string of the molecule is Nc1ccc(F)c(C(=O)OCc2cc(Br)cs2)c1. The first-order chi connectivity index (χ1) is 8.56. The fourth-order valence-electron chi connectivity index (χ4n) is 1.34. The highest BCUT2D eigenvalue weighted by atomic mass is 79.9. The maximum Gasteiger partial charge on any atom is 0.341 e. The number of esters is 1. The number of benzene rings is 1. The van der Waals surface area contributed by atoms with Crippen LogP contribution < -0.4 is 5.73 Å². The Bertz CT molecular complexity index is 585. The first-order valence-electron chi connectivity index (χ1n) is 5.01. The van der Waals surface area contributed by atoms with E-state index in [1.165, 1.54) is 23.5 Å². The fraction of sp³-hybridized carbons (Fsp3) is 0.0833. The van der Waals surface area contributed by atoms with Crippen LogP contribution in [0.15, 0.2) is 34.1 Å². The Morgan fingerprint density at radius 2 is 2.22 bits per heavy atom. The van der Waals surface area contributed by atoms with Crippen molar-refractivity contribution < 1.29 is 13.9 Å². The van der Waals surface area contributed by atoms with Gasteiger partial charge in [-0.1, -0.05) is 0 Å². The second kappa shape index (κ2) is 5.49. The number of thiophene rings is 1. The molecule has 0 radical (unpaired) electrons. The van der Waals surface area contributed by atoms with Gasteiger partial charge in [0, 0.05) is 20.4 Å². The van der Waals surface area contributed by atoms with Crippen molar-refractivity contribution in [2.75, 3.05) is 5.73 Å². The van der Waals surface area contributed by atoms with Crippen LogP contribution in [0.2, 0.25) is 0 Å². The number of halogens is 2. The van der Waals surface area contributed by atoms with Gasteiger partial charge in [-0.2, -0.15) is 0 Å². The van der Waals surface area contributed by atoms with E-state index in [1.54, 1.807) is 0 Å². The third-order valence-electron chi connectivity index (χ3n) is 2.18. The minimum absolute atomic E-state index is 0.114. The maximum atomic E-state index is 13.4. The minimum atomic E-state index is -0.718. The molecular weight excluding hydrogens is 321 g/mol. The lowest BCUT2D eigenvalue weighted by molar-refractivity contribution is 0.0471. The van der Waals surface area contributed by atoms with Gasteiger partial charge in [0.1, 0.15) is 12.4 Å². The average Bonchev–Trinajstić information content (AvgIpc) is 2.75. The zero-order valence-corrected chi connectivity index (χ0v) is 11.6. The highest BCUT2D eigenvalue weighted by Gasteiger charge is 2.14. The molecule has 0 saturated heterocycles. The van der Waals surface area contributed by atoms with Crippen molar-refractivity contribution >= 4 is 38.9 Å². The average molecular weight is 330 g/mol. The summed E-state index contributed by atoms with van der Waals surface area (Å²) in [4.78, 5) is 12.5. The summed E-state index contributed by atoms with van der Waals surface area (Å²) >= 11 is 4.75. The number of carbonyl (C=O) groups is 1. The molecule has 1 aromatic heterocycles. The third-order valence-corrected chi connectivity index (χ3v) is 3.85. The molecule has 0 aliphatic carbocycles. The van der Waals surface area contributed by atoms with E-state index < -0.39 is 11.8 Å². The van der Waals surface area contributed by atoms with E-state index >= 15 is 0 Å². The van der Waals surface area contributed by atoms with Crippen LogP contribution in [-0.4, -0.2) is 5.97 Å². The van der Waals surface area contributed by atoms with Gasteiger partial charge < -0.3 is 10.5 Å². The molecule has 0 saturated carbocycles. The van der Waals surface area contributed by atoms with Gasteiger partial charge in [0.15, 0.2) is 0 Å². The highest BCUT2D eigenvalue weighted by molar-refractivity contribution is 9.10. The van der Waals surface area contributed by atoms with Crippen molar-refractivity contribution in [2.45, 2.75) is 6.61 Å². The molecule has 0 aliphatic rings. The Balaban J connectivity index is 2.05. The van der Waals surface area contributed by atoms with Gasteiger partial charge in [0.05, 0.1) is 5.56 Å². The Kier molecular flexibility index (Phi) is 3.98. The zero-order chi connectivity index (χ0) is 13.1. The summed E-state index contributed by atoms with van der Waals surface area (Å²) < 4.78 is 19.3. The van der Waals surface area contributed by atoms with Crippen LogP contribution in [0, 0.1) is 5.82 Å². The zero-order valence-electron chi connectivity index (χ0n) is 9.15. The molecule has 0 aliphatic heterocycles. The van der Waals surface area contributed by atoms with E-state index in [0.717, 1.165) is 15.4 Å². The fourth-order valence-corrected chi connectivity index (χ4v) is 2.71. The van der Waals surface area contributed by atoms with Gasteiger partial charge in [-0.05, 0) is 40.2 Å². The molecule has 0 amide bonds. The number of hydrogen-bond acceptors (Lipinski definition) is 4. The number of anilines is 1. The lowest BCUT2D eigenvalue weighted by Crippen LogP contribution is -2.07. The van der Waals surface area contributed by atoms with Crippen LogP contribution >= 0.6 is 27.3 Å². The molecular formula is C12H9BrFNO2S. The molecule has 2 N–H and O–H groups in total. The Labute approximate surface area is 116 Å². The molecule has 0 bridgehead atoms. The Hall–Kier alpha value is -1.40. The molecule has 18 heavy (non-hydrogen) atoms. The van der Waals surface area contributed by atoms with E-state index in [1.807, 2.05) is 11.4 Å². The molecule has 1 heterocycles. The van der Waals surface area contributed by atoms with Crippen molar-refractivity contribution in [1.29, 1.82) is 0 Å². The van der Waals surface area contributed by atoms with E-state index in [9.17, 15) is 9.18 Å². The lowest BCUT2D eigenvalue weighted by atomic mass is 10.2. The summed E-state index contributed by atoms with van der Waals surface area (Å²) in [5, 5.41) is 1.88. The predicted octanol–water partition coefficient (Wildman–Crippen LogP) is 3.59. The summed E-state index contributed by atoms with van der Waals surface area (Å²) in [7, 11) is 0. The van der Waals surface area contributed by atoms with Crippen LogP contribution in [0.25, 0.3) is 0 Å². The smallest absolute Gasteiger partial charge is 0.341 e. The number of ether oxygens (including phenoxy) is 1. The molecule has 6 heteroatoms. The summed E-state index contributed by atoms with van der Waals surface area (Å²) in [5.74, 6) is -1.36. The topological polar surface area (TPSA) is 52.3 Å². The van der Waals surface area contributed by atoms with E-state index in [2.05, 4.69) is 15.9 Å². The first-order valence-corrected chi connectivity index (χ1v) is 6.68. The Morgan fingerprint density at radius 1 is 1.44 bits per heavy atom. The standard InChI is InChI=1S/C12H9BrFNO2S/c13-7-3-9(18-6-7)5-17-12(16)10-4-8(15)1-2-11(10)14/h1-4,6H,5,15H2. The maximum absolute atomic E-state index is 13.4.